The van der Waals surface area contributed by atoms with Crippen LogP contribution in [0.2, 0.25) is 5.02 Å². The normalized spacial score (nSPS) is 17.5. The number of benzene rings is 2. The number of aromatic nitrogens is 2. The molecule has 0 radical (unpaired) electrons. The third kappa shape index (κ3) is 4.17. The fourth-order valence-electron chi connectivity index (χ4n) is 4.25. The van der Waals surface area contributed by atoms with E-state index in [0.717, 1.165) is 16.7 Å². The highest BCUT2D eigenvalue weighted by Crippen LogP contribution is 2.28. The van der Waals surface area contributed by atoms with Crippen molar-refractivity contribution in [2.45, 2.75) is 32.0 Å². The first kappa shape index (κ1) is 21.8. The molecule has 0 aliphatic carbocycles. The third-order valence-corrected chi connectivity index (χ3v) is 6.22. The first-order valence-corrected chi connectivity index (χ1v) is 11.1. The molecule has 10 heteroatoms. The molecule has 4 amide bonds. The molecule has 1 atom stereocenters. The largest absolute Gasteiger partial charge is 0.347 e. The van der Waals surface area contributed by atoms with E-state index in [-0.39, 0.29) is 37.2 Å². The van der Waals surface area contributed by atoms with Crippen molar-refractivity contribution in [2.24, 2.45) is 0 Å². The zero-order chi connectivity index (χ0) is 23.8. The van der Waals surface area contributed by atoms with Crippen LogP contribution in [0.25, 0.3) is 11.3 Å². The Morgan fingerprint density at radius 2 is 2.00 bits per heavy atom. The van der Waals surface area contributed by atoms with Crippen LogP contribution in [-0.4, -0.2) is 44.8 Å². The minimum Gasteiger partial charge on any atom is -0.347 e. The van der Waals surface area contributed by atoms with E-state index >= 15 is 0 Å². The lowest BCUT2D eigenvalue weighted by molar-refractivity contribution is -0.136. The van der Waals surface area contributed by atoms with Crippen LogP contribution in [0.5, 0.6) is 0 Å². The summed E-state index contributed by atoms with van der Waals surface area (Å²) in [6.07, 6.45) is 0.523. The number of halogens is 1. The van der Waals surface area contributed by atoms with Crippen molar-refractivity contribution in [3.8, 4) is 11.3 Å². The van der Waals surface area contributed by atoms with E-state index < -0.39 is 11.9 Å². The molecular weight excluding hydrogens is 458 g/mol. The number of H-pyrrole nitrogens is 1. The summed E-state index contributed by atoms with van der Waals surface area (Å²) in [6.45, 7) is 0.538. The average molecular weight is 478 g/mol. The number of piperidine rings is 1. The van der Waals surface area contributed by atoms with Gasteiger partial charge in [0.05, 0.1) is 5.69 Å². The number of aromatic amines is 1. The van der Waals surface area contributed by atoms with Crippen molar-refractivity contribution < 1.29 is 19.2 Å². The number of hydrogen-bond acceptors (Lipinski definition) is 5. The standard InChI is InChI=1S/C24H20ClN5O4/c25-16-3-1-2-14(9-16)18-10-19(29-28-18)22(32)26-11-13-4-5-17-15(8-13)12-30(24(17)34)20-6-7-21(31)27-23(20)33/h1-5,8-10,20H,6-7,11-12H2,(H,26,32)(H,28,29)(H,27,31,33). The van der Waals surface area contributed by atoms with Crippen LogP contribution in [0.4, 0.5) is 0 Å². The Hall–Kier alpha value is -3.98. The Morgan fingerprint density at radius 3 is 2.79 bits per heavy atom. The summed E-state index contributed by atoms with van der Waals surface area (Å²) in [7, 11) is 0. The second-order valence-corrected chi connectivity index (χ2v) is 8.69. The van der Waals surface area contributed by atoms with Crippen LogP contribution < -0.4 is 10.6 Å². The number of nitrogens with one attached hydrogen (secondary N) is 3. The number of carbonyl (C=O) groups excluding carboxylic acids is 4. The highest BCUT2D eigenvalue weighted by Gasteiger charge is 2.39. The number of amides is 4. The molecule has 2 aliphatic heterocycles. The zero-order valence-corrected chi connectivity index (χ0v) is 18.7. The van der Waals surface area contributed by atoms with Gasteiger partial charge in [-0.1, -0.05) is 35.9 Å². The Bertz CT molecular complexity index is 1330. The number of carbonyl (C=O) groups is 4. The van der Waals surface area contributed by atoms with Gasteiger partial charge < -0.3 is 10.2 Å². The minimum absolute atomic E-state index is 0.209. The van der Waals surface area contributed by atoms with Crippen molar-refractivity contribution in [3.05, 3.63) is 75.9 Å². The van der Waals surface area contributed by atoms with Gasteiger partial charge in [-0.05, 0) is 41.8 Å². The van der Waals surface area contributed by atoms with Crippen molar-refractivity contribution in [1.29, 1.82) is 0 Å². The summed E-state index contributed by atoms with van der Waals surface area (Å²) in [6, 6.07) is 13.5. The fourth-order valence-corrected chi connectivity index (χ4v) is 4.44. The topological polar surface area (TPSA) is 124 Å². The SMILES string of the molecule is O=C1CCC(N2Cc3cc(CNC(=O)c4cc(-c5cccc(Cl)c5)n[nH]4)ccc3C2=O)C(=O)N1. The van der Waals surface area contributed by atoms with Crippen molar-refractivity contribution >= 4 is 35.2 Å². The Balaban J connectivity index is 1.24. The summed E-state index contributed by atoms with van der Waals surface area (Å²) in [5.74, 6) is -1.31. The molecule has 3 aromatic rings. The van der Waals surface area contributed by atoms with Gasteiger partial charge in [-0.2, -0.15) is 5.10 Å². The lowest BCUT2D eigenvalue weighted by Gasteiger charge is -2.29. The molecule has 0 spiro atoms. The Morgan fingerprint density at radius 1 is 1.15 bits per heavy atom. The van der Waals surface area contributed by atoms with E-state index in [4.69, 9.17) is 11.6 Å². The molecular formula is C24H20ClN5O4. The number of rotatable bonds is 5. The molecule has 5 rings (SSSR count). The second-order valence-electron chi connectivity index (χ2n) is 8.25. The van der Waals surface area contributed by atoms with E-state index in [0.29, 0.717) is 28.4 Å². The van der Waals surface area contributed by atoms with Crippen LogP contribution >= 0.6 is 11.6 Å². The van der Waals surface area contributed by atoms with Crippen LogP contribution in [0.15, 0.2) is 48.5 Å². The molecule has 0 bridgehead atoms. The summed E-state index contributed by atoms with van der Waals surface area (Å²) in [5, 5.41) is 12.6. The van der Waals surface area contributed by atoms with Crippen molar-refractivity contribution in [2.75, 3.05) is 0 Å². The maximum Gasteiger partial charge on any atom is 0.269 e. The van der Waals surface area contributed by atoms with Crippen LogP contribution in [0, 0.1) is 0 Å². The van der Waals surface area contributed by atoms with Gasteiger partial charge in [0.1, 0.15) is 11.7 Å². The van der Waals surface area contributed by atoms with E-state index in [2.05, 4.69) is 20.8 Å². The average Bonchev–Trinajstić information content (AvgIpc) is 3.43. The molecule has 2 aliphatic rings. The first-order valence-electron chi connectivity index (χ1n) is 10.7. The van der Waals surface area contributed by atoms with E-state index in [1.807, 2.05) is 18.2 Å². The van der Waals surface area contributed by atoms with Gasteiger partial charge in [0.15, 0.2) is 0 Å². The van der Waals surface area contributed by atoms with Crippen molar-refractivity contribution in [1.82, 2.24) is 25.7 Å². The van der Waals surface area contributed by atoms with E-state index in [9.17, 15) is 19.2 Å². The van der Waals surface area contributed by atoms with Gasteiger partial charge >= 0.3 is 0 Å². The van der Waals surface area contributed by atoms with Gasteiger partial charge in [0.2, 0.25) is 11.8 Å². The molecule has 9 nitrogen and oxygen atoms in total. The second kappa shape index (κ2) is 8.75. The molecule has 2 aromatic carbocycles. The smallest absolute Gasteiger partial charge is 0.269 e. The molecule has 3 N–H and O–H groups in total. The molecule has 1 saturated heterocycles. The van der Waals surface area contributed by atoms with E-state index in [1.54, 1.807) is 30.3 Å². The van der Waals surface area contributed by atoms with Crippen LogP contribution in [-0.2, 0) is 22.7 Å². The highest BCUT2D eigenvalue weighted by molar-refractivity contribution is 6.30. The summed E-state index contributed by atoms with van der Waals surface area (Å²) in [4.78, 5) is 50.5. The summed E-state index contributed by atoms with van der Waals surface area (Å²) < 4.78 is 0. The molecule has 1 aromatic heterocycles. The molecule has 34 heavy (non-hydrogen) atoms. The molecule has 3 heterocycles. The van der Waals surface area contributed by atoms with Gasteiger partial charge in [-0.25, -0.2) is 0 Å². The van der Waals surface area contributed by atoms with Crippen LogP contribution in [0.1, 0.15) is 44.8 Å². The quantitative estimate of drug-likeness (QED) is 0.487. The Labute approximate surface area is 199 Å². The maximum atomic E-state index is 12.8. The van der Waals surface area contributed by atoms with Crippen LogP contribution in [0.3, 0.4) is 0 Å². The predicted molar refractivity (Wildman–Crippen MR) is 123 cm³/mol. The monoisotopic (exact) mass is 477 g/mol. The molecule has 172 valence electrons. The number of imide groups is 1. The molecule has 1 unspecified atom stereocenters. The summed E-state index contributed by atoms with van der Waals surface area (Å²) >= 11 is 6.02. The number of fused-ring (bicyclic) bond motifs is 1. The predicted octanol–water partition coefficient (Wildman–Crippen LogP) is 2.42. The van der Waals surface area contributed by atoms with Gasteiger partial charge in [0.25, 0.3) is 11.8 Å². The lowest BCUT2D eigenvalue weighted by Crippen LogP contribution is -2.52. The Kier molecular flexibility index (Phi) is 5.62. The lowest BCUT2D eigenvalue weighted by atomic mass is 10.0. The third-order valence-electron chi connectivity index (χ3n) is 5.98. The van der Waals surface area contributed by atoms with Gasteiger partial charge in [0, 0.05) is 35.7 Å². The van der Waals surface area contributed by atoms with Gasteiger partial charge in [-0.15, -0.1) is 0 Å². The number of hydrogen-bond donors (Lipinski definition) is 3. The number of nitrogens with zero attached hydrogens (tertiary/aromatic N) is 2. The maximum absolute atomic E-state index is 12.8. The zero-order valence-electron chi connectivity index (χ0n) is 17.9. The van der Waals surface area contributed by atoms with Crippen molar-refractivity contribution in [3.63, 3.8) is 0 Å². The fraction of sp³-hybridized carbons (Fsp3) is 0.208. The van der Waals surface area contributed by atoms with Gasteiger partial charge in [-0.3, -0.25) is 29.6 Å². The minimum atomic E-state index is -0.658. The summed E-state index contributed by atoms with van der Waals surface area (Å²) in [5.41, 5.74) is 3.85. The molecule has 1 fully saturated rings. The first-order chi connectivity index (χ1) is 16.4. The van der Waals surface area contributed by atoms with E-state index in [1.165, 1.54) is 4.90 Å². The molecule has 0 saturated carbocycles. The highest BCUT2D eigenvalue weighted by atomic mass is 35.5.